The lowest BCUT2D eigenvalue weighted by Gasteiger charge is -2.38. The van der Waals surface area contributed by atoms with Gasteiger partial charge in [-0.2, -0.15) is 0 Å². The lowest BCUT2D eigenvalue weighted by molar-refractivity contribution is -0.138. The predicted molar refractivity (Wildman–Crippen MR) is 58.6 cm³/mol. The van der Waals surface area contributed by atoms with Gasteiger partial charge in [0.25, 0.3) is 0 Å². The van der Waals surface area contributed by atoms with Crippen LogP contribution in [0.3, 0.4) is 0 Å². The van der Waals surface area contributed by atoms with Crippen LogP contribution in [0.15, 0.2) is 0 Å². The van der Waals surface area contributed by atoms with E-state index >= 15 is 0 Å². The molecule has 2 fully saturated rings. The molecule has 0 radical (unpaired) electrons. The quantitative estimate of drug-likeness (QED) is 0.714. The first-order valence-electron chi connectivity index (χ1n) is 6.10. The molecule has 0 spiro atoms. The molecule has 0 aromatic carbocycles. The highest BCUT2D eigenvalue weighted by Gasteiger charge is 2.42. The highest BCUT2D eigenvalue weighted by molar-refractivity contribution is 5.77. The summed E-state index contributed by atoms with van der Waals surface area (Å²) >= 11 is 0. The zero-order valence-corrected chi connectivity index (χ0v) is 9.74. The molecule has 0 aliphatic carbocycles. The Morgan fingerprint density at radius 3 is 2.40 bits per heavy atom. The smallest absolute Gasteiger partial charge is 0.223 e. The Labute approximate surface area is 91.8 Å². The number of hydrogen-bond acceptors (Lipinski definition) is 2. The molecule has 1 amide bonds. The van der Waals surface area contributed by atoms with Crippen LogP contribution < -0.4 is 0 Å². The average molecular weight is 211 g/mol. The Morgan fingerprint density at radius 2 is 1.93 bits per heavy atom. The van der Waals surface area contributed by atoms with Crippen LogP contribution in [-0.2, 0) is 9.53 Å². The molecule has 0 N–H and O–H groups in total. The second-order valence-corrected chi connectivity index (χ2v) is 4.77. The SMILES string of the molecule is CCCC(=O)N1C2CCC1CC(OC)C2. The largest absolute Gasteiger partial charge is 0.381 e. The summed E-state index contributed by atoms with van der Waals surface area (Å²) in [7, 11) is 1.79. The molecule has 2 aliphatic rings. The van der Waals surface area contributed by atoms with Gasteiger partial charge < -0.3 is 9.64 Å². The van der Waals surface area contributed by atoms with Crippen molar-refractivity contribution in [2.45, 2.75) is 63.6 Å². The maximum Gasteiger partial charge on any atom is 0.223 e. The molecule has 0 aromatic rings. The van der Waals surface area contributed by atoms with Crippen LogP contribution in [0, 0.1) is 0 Å². The molecule has 2 rings (SSSR count). The van der Waals surface area contributed by atoms with Crippen LogP contribution in [-0.4, -0.2) is 36.1 Å². The third-order valence-corrected chi connectivity index (χ3v) is 3.78. The fourth-order valence-corrected chi connectivity index (χ4v) is 3.07. The Bertz CT molecular complexity index is 228. The number of rotatable bonds is 3. The minimum Gasteiger partial charge on any atom is -0.381 e. The van der Waals surface area contributed by atoms with Gasteiger partial charge in [0.1, 0.15) is 0 Å². The number of fused-ring (bicyclic) bond motifs is 2. The number of ether oxygens (including phenoxy) is 1. The molecule has 2 atom stereocenters. The van der Waals surface area contributed by atoms with E-state index < -0.39 is 0 Å². The van der Waals surface area contributed by atoms with E-state index in [1.807, 2.05) is 0 Å². The molecule has 2 unspecified atom stereocenters. The van der Waals surface area contributed by atoms with Gasteiger partial charge in [-0.15, -0.1) is 0 Å². The maximum absolute atomic E-state index is 11.9. The summed E-state index contributed by atoms with van der Waals surface area (Å²) in [5, 5.41) is 0. The van der Waals surface area contributed by atoms with Crippen LogP contribution in [0.5, 0.6) is 0 Å². The summed E-state index contributed by atoms with van der Waals surface area (Å²) in [5.74, 6) is 0.361. The Hall–Kier alpha value is -0.570. The highest BCUT2D eigenvalue weighted by atomic mass is 16.5. The second kappa shape index (κ2) is 4.52. The molecule has 15 heavy (non-hydrogen) atoms. The molecule has 0 aromatic heterocycles. The zero-order valence-electron chi connectivity index (χ0n) is 9.74. The van der Waals surface area contributed by atoms with Gasteiger partial charge in [-0.05, 0) is 32.1 Å². The van der Waals surface area contributed by atoms with Crippen LogP contribution in [0.1, 0.15) is 45.4 Å². The van der Waals surface area contributed by atoms with Crippen molar-refractivity contribution in [2.24, 2.45) is 0 Å². The maximum atomic E-state index is 11.9. The van der Waals surface area contributed by atoms with Crippen LogP contribution >= 0.6 is 0 Å². The van der Waals surface area contributed by atoms with E-state index in [0.717, 1.165) is 19.3 Å². The monoisotopic (exact) mass is 211 g/mol. The Morgan fingerprint density at radius 1 is 1.33 bits per heavy atom. The lowest BCUT2D eigenvalue weighted by Crippen LogP contribution is -2.48. The van der Waals surface area contributed by atoms with Gasteiger partial charge >= 0.3 is 0 Å². The summed E-state index contributed by atoms with van der Waals surface area (Å²) in [6.07, 6.45) is 6.51. The second-order valence-electron chi connectivity index (χ2n) is 4.77. The van der Waals surface area contributed by atoms with E-state index in [1.165, 1.54) is 12.8 Å². The topological polar surface area (TPSA) is 29.5 Å². The van der Waals surface area contributed by atoms with E-state index in [-0.39, 0.29) is 0 Å². The summed E-state index contributed by atoms with van der Waals surface area (Å²) in [6.45, 7) is 2.07. The minimum absolute atomic E-state index is 0.361. The number of carbonyl (C=O) groups is 1. The molecule has 2 saturated heterocycles. The highest BCUT2D eigenvalue weighted by Crippen LogP contribution is 2.37. The van der Waals surface area contributed by atoms with Crippen molar-refractivity contribution in [3.05, 3.63) is 0 Å². The van der Waals surface area contributed by atoms with Gasteiger partial charge in [-0.25, -0.2) is 0 Å². The molecule has 86 valence electrons. The minimum atomic E-state index is 0.361. The number of piperidine rings is 1. The van der Waals surface area contributed by atoms with Crippen molar-refractivity contribution in [3.63, 3.8) is 0 Å². The molecule has 2 aliphatic heterocycles. The molecular formula is C12H21NO2. The van der Waals surface area contributed by atoms with Gasteiger partial charge in [0.15, 0.2) is 0 Å². The fraction of sp³-hybridized carbons (Fsp3) is 0.917. The van der Waals surface area contributed by atoms with Crippen molar-refractivity contribution in [2.75, 3.05) is 7.11 Å². The number of carbonyl (C=O) groups excluding carboxylic acids is 1. The molecule has 3 heteroatoms. The standard InChI is InChI=1S/C12H21NO2/c1-3-4-12(14)13-9-5-6-10(13)8-11(7-9)15-2/h9-11H,3-8H2,1-2H3. The van der Waals surface area contributed by atoms with Crippen LogP contribution in [0.25, 0.3) is 0 Å². The number of nitrogens with zero attached hydrogens (tertiary/aromatic N) is 1. The van der Waals surface area contributed by atoms with Crippen molar-refractivity contribution >= 4 is 5.91 Å². The summed E-state index contributed by atoms with van der Waals surface area (Å²) in [5.41, 5.74) is 0. The Balaban J connectivity index is 2.01. The van der Waals surface area contributed by atoms with E-state index in [4.69, 9.17) is 4.74 Å². The molecule has 2 bridgehead atoms. The van der Waals surface area contributed by atoms with E-state index in [0.29, 0.717) is 30.5 Å². The third kappa shape index (κ3) is 2.03. The normalized spacial score (nSPS) is 34.5. The predicted octanol–water partition coefficient (Wildman–Crippen LogP) is 1.95. The van der Waals surface area contributed by atoms with Crippen LogP contribution in [0.2, 0.25) is 0 Å². The van der Waals surface area contributed by atoms with E-state index in [1.54, 1.807) is 7.11 Å². The van der Waals surface area contributed by atoms with E-state index in [9.17, 15) is 4.79 Å². The molecule has 2 heterocycles. The summed E-state index contributed by atoms with van der Waals surface area (Å²) < 4.78 is 5.42. The van der Waals surface area contributed by atoms with Gasteiger partial charge in [-0.1, -0.05) is 6.92 Å². The van der Waals surface area contributed by atoms with E-state index in [2.05, 4.69) is 11.8 Å². The van der Waals surface area contributed by atoms with Gasteiger partial charge in [0, 0.05) is 25.6 Å². The Kier molecular flexibility index (Phi) is 3.29. The number of amides is 1. The summed E-state index contributed by atoms with van der Waals surface area (Å²) in [6, 6.07) is 0.931. The molecular weight excluding hydrogens is 190 g/mol. The zero-order chi connectivity index (χ0) is 10.8. The van der Waals surface area contributed by atoms with Crippen molar-refractivity contribution < 1.29 is 9.53 Å². The average Bonchev–Trinajstić information content (AvgIpc) is 2.50. The first kappa shape index (κ1) is 10.9. The van der Waals surface area contributed by atoms with Gasteiger partial charge in [0.2, 0.25) is 5.91 Å². The first-order chi connectivity index (χ1) is 7.26. The van der Waals surface area contributed by atoms with Gasteiger partial charge in [0.05, 0.1) is 6.10 Å². The molecule has 3 nitrogen and oxygen atoms in total. The number of methoxy groups -OCH3 is 1. The fourth-order valence-electron chi connectivity index (χ4n) is 3.07. The first-order valence-corrected chi connectivity index (χ1v) is 6.10. The van der Waals surface area contributed by atoms with Crippen LogP contribution in [0.4, 0.5) is 0 Å². The van der Waals surface area contributed by atoms with Crippen molar-refractivity contribution in [3.8, 4) is 0 Å². The van der Waals surface area contributed by atoms with Crippen molar-refractivity contribution in [1.29, 1.82) is 0 Å². The lowest BCUT2D eigenvalue weighted by atomic mass is 9.99. The third-order valence-electron chi connectivity index (χ3n) is 3.78. The number of hydrogen-bond donors (Lipinski definition) is 0. The molecule has 0 saturated carbocycles. The summed E-state index contributed by atoms with van der Waals surface area (Å²) in [4.78, 5) is 14.1. The van der Waals surface area contributed by atoms with Gasteiger partial charge in [-0.3, -0.25) is 4.79 Å². The van der Waals surface area contributed by atoms with Crippen molar-refractivity contribution in [1.82, 2.24) is 4.90 Å².